The highest BCUT2D eigenvalue weighted by molar-refractivity contribution is 5.21. The third-order valence-corrected chi connectivity index (χ3v) is 2.46. The number of nitrogens with two attached hydrogens (primary N) is 1. The Morgan fingerprint density at radius 2 is 1.59 bits per heavy atom. The molecule has 0 radical (unpaired) electrons. The number of hydrogen-bond acceptors (Lipinski definition) is 4. The molecule has 2 heterocycles. The fourth-order valence-corrected chi connectivity index (χ4v) is 1.68. The van der Waals surface area contributed by atoms with Crippen molar-refractivity contribution < 1.29 is 0 Å². The first-order valence-corrected chi connectivity index (χ1v) is 5.67. The summed E-state index contributed by atoms with van der Waals surface area (Å²) in [6, 6.07) is 11.7. The monoisotopic (exact) mass is 228 g/mol. The van der Waals surface area contributed by atoms with Gasteiger partial charge in [-0.15, -0.1) is 0 Å². The van der Waals surface area contributed by atoms with E-state index < -0.39 is 0 Å². The fourth-order valence-electron chi connectivity index (χ4n) is 1.68. The minimum Gasteiger partial charge on any atom is -0.329 e. The van der Waals surface area contributed by atoms with Crippen LogP contribution in [0.25, 0.3) is 0 Å². The number of rotatable bonds is 5. The largest absolute Gasteiger partial charge is 0.329 e. The zero-order chi connectivity index (χ0) is 11.9. The molecule has 0 fully saturated rings. The highest BCUT2D eigenvalue weighted by Gasteiger charge is 2.14. The van der Waals surface area contributed by atoms with Gasteiger partial charge in [-0.05, 0) is 24.3 Å². The summed E-state index contributed by atoms with van der Waals surface area (Å²) in [7, 11) is 0. The molecule has 2 aromatic heterocycles. The second kappa shape index (κ2) is 6.08. The second-order valence-electron chi connectivity index (χ2n) is 3.69. The lowest BCUT2D eigenvalue weighted by atomic mass is 10.1. The van der Waals surface area contributed by atoms with Gasteiger partial charge in [0.05, 0.1) is 17.4 Å². The van der Waals surface area contributed by atoms with Crippen molar-refractivity contribution in [3.8, 4) is 0 Å². The molecule has 17 heavy (non-hydrogen) atoms. The molecule has 0 aromatic carbocycles. The van der Waals surface area contributed by atoms with E-state index in [0.717, 1.165) is 17.9 Å². The summed E-state index contributed by atoms with van der Waals surface area (Å²) >= 11 is 0. The van der Waals surface area contributed by atoms with E-state index in [1.165, 1.54) is 0 Å². The van der Waals surface area contributed by atoms with Crippen molar-refractivity contribution in [2.75, 3.05) is 13.1 Å². The molecule has 0 unspecified atom stereocenters. The molecule has 0 amide bonds. The Kier molecular flexibility index (Phi) is 4.18. The Hall–Kier alpha value is -1.78. The van der Waals surface area contributed by atoms with Crippen molar-refractivity contribution in [3.63, 3.8) is 0 Å². The van der Waals surface area contributed by atoms with E-state index in [0.29, 0.717) is 6.54 Å². The molecule has 2 aromatic rings. The van der Waals surface area contributed by atoms with E-state index in [1.54, 1.807) is 12.4 Å². The Balaban J connectivity index is 2.26. The van der Waals surface area contributed by atoms with Gasteiger partial charge >= 0.3 is 0 Å². The van der Waals surface area contributed by atoms with Crippen molar-refractivity contribution in [2.45, 2.75) is 6.04 Å². The Labute approximate surface area is 101 Å². The van der Waals surface area contributed by atoms with Crippen LogP contribution in [0.2, 0.25) is 0 Å². The smallest absolute Gasteiger partial charge is 0.0925 e. The predicted octanol–water partition coefficient (Wildman–Crippen LogP) is 1.11. The molecular formula is C13H16N4. The number of nitrogens with one attached hydrogen (secondary N) is 1. The SMILES string of the molecule is NCCNC(c1ccccn1)c1ccccn1. The average molecular weight is 228 g/mol. The highest BCUT2D eigenvalue weighted by Crippen LogP contribution is 2.17. The molecule has 0 saturated carbocycles. The van der Waals surface area contributed by atoms with Crippen LogP contribution in [0.1, 0.15) is 17.4 Å². The maximum atomic E-state index is 5.53. The standard InChI is InChI=1S/C13H16N4/c14-7-10-17-13(11-5-1-3-8-15-11)12-6-2-4-9-16-12/h1-6,8-9,13,17H,7,10,14H2. The number of nitrogens with zero attached hydrogens (tertiary/aromatic N) is 2. The van der Waals surface area contributed by atoms with Gasteiger partial charge in [-0.3, -0.25) is 9.97 Å². The van der Waals surface area contributed by atoms with Crippen molar-refractivity contribution >= 4 is 0 Å². The van der Waals surface area contributed by atoms with Gasteiger partial charge < -0.3 is 11.1 Å². The van der Waals surface area contributed by atoms with Gasteiger partial charge in [-0.2, -0.15) is 0 Å². The first kappa shape index (κ1) is 11.7. The summed E-state index contributed by atoms with van der Waals surface area (Å²) < 4.78 is 0. The quantitative estimate of drug-likeness (QED) is 0.804. The van der Waals surface area contributed by atoms with E-state index in [9.17, 15) is 0 Å². The second-order valence-corrected chi connectivity index (χ2v) is 3.69. The zero-order valence-electron chi connectivity index (χ0n) is 9.58. The van der Waals surface area contributed by atoms with Crippen LogP contribution in [0.5, 0.6) is 0 Å². The summed E-state index contributed by atoms with van der Waals surface area (Å²) in [5.41, 5.74) is 7.45. The molecule has 0 saturated heterocycles. The maximum absolute atomic E-state index is 5.53. The maximum Gasteiger partial charge on any atom is 0.0925 e. The molecule has 4 nitrogen and oxygen atoms in total. The number of hydrogen-bond donors (Lipinski definition) is 2. The average Bonchev–Trinajstić information content (AvgIpc) is 2.42. The summed E-state index contributed by atoms with van der Waals surface area (Å²) in [4.78, 5) is 8.73. The van der Waals surface area contributed by atoms with Gasteiger partial charge in [0.2, 0.25) is 0 Å². The van der Waals surface area contributed by atoms with E-state index >= 15 is 0 Å². The van der Waals surface area contributed by atoms with Crippen molar-refractivity contribution in [1.29, 1.82) is 0 Å². The van der Waals surface area contributed by atoms with Gasteiger partial charge in [0.25, 0.3) is 0 Å². The van der Waals surface area contributed by atoms with E-state index in [2.05, 4.69) is 15.3 Å². The molecule has 2 rings (SSSR count). The van der Waals surface area contributed by atoms with Crippen LogP contribution >= 0.6 is 0 Å². The van der Waals surface area contributed by atoms with Crippen LogP contribution in [0.4, 0.5) is 0 Å². The third-order valence-electron chi connectivity index (χ3n) is 2.46. The normalized spacial score (nSPS) is 10.7. The predicted molar refractivity (Wildman–Crippen MR) is 67.4 cm³/mol. The fraction of sp³-hybridized carbons (Fsp3) is 0.231. The third kappa shape index (κ3) is 3.09. The number of pyridine rings is 2. The van der Waals surface area contributed by atoms with Gasteiger partial charge in [-0.25, -0.2) is 0 Å². The summed E-state index contributed by atoms with van der Waals surface area (Å²) in [5, 5.41) is 3.35. The van der Waals surface area contributed by atoms with E-state index in [-0.39, 0.29) is 6.04 Å². The van der Waals surface area contributed by atoms with Crippen molar-refractivity contribution in [1.82, 2.24) is 15.3 Å². The van der Waals surface area contributed by atoms with Crippen LogP contribution in [0.3, 0.4) is 0 Å². The Bertz CT molecular complexity index is 390. The lowest BCUT2D eigenvalue weighted by Crippen LogP contribution is -2.29. The molecule has 0 aliphatic rings. The minimum absolute atomic E-state index is 0.000880. The van der Waals surface area contributed by atoms with Crippen LogP contribution in [-0.4, -0.2) is 23.1 Å². The molecule has 0 spiro atoms. The van der Waals surface area contributed by atoms with Crippen LogP contribution in [0, 0.1) is 0 Å². The van der Waals surface area contributed by atoms with Crippen molar-refractivity contribution in [3.05, 3.63) is 60.2 Å². The molecule has 88 valence electrons. The van der Waals surface area contributed by atoms with Crippen LogP contribution in [0.15, 0.2) is 48.8 Å². The van der Waals surface area contributed by atoms with Crippen LogP contribution in [-0.2, 0) is 0 Å². The molecule has 0 bridgehead atoms. The topological polar surface area (TPSA) is 63.8 Å². The van der Waals surface area contributed by atoms with Gasteiger partial charge in [-0.1, -0.05) is 12.1 Å². The van der Waals surface area contributed by atoms with Gasteiger partial charge in [0, 0.05) is 25.5 Å². The molecule has 3 N–H and O–H groups in total. The minimum atomic E-state index is 0.000880. The zero-order valence-corrected chi connectivity index (χ0v) is 9.58. The molecule has 0 aliphatic carbocycles. The van der Waals surface area contributed by atoms with Crippen LogP contribution < -0.4 is 11.1 Å². The summed E-state index contributed by atoms with van der Waals surface area (Å²) in [6.45, 7) is 1.33. The molecular weight excluding hydrogens is 212 g/mol. The Morgan fingerprint density at radius 1 is 1.00 bits per heavy atom. The first-order valence-electron chi connectivity index (χ1n) is 5.67. The highest BCUT2D eigenvalue weighted by atomic mass is 15.0. The summed E-state index contributed by atoms with van der Waals surface area (Å²) in [5.74, 6) is 0. The summed E-state index contributed by atoms with van der Waals surface area (Å²) in [6.07, 6.45) is 3.57. The molecule has 0 atom stereocenters. The van der Waals surface area contributed by atoms with E-state index in [1.807, 2.05) is 36.4 Å². The molecule has 0 aliphatic heterocycles. The lowest BCUT2D eigenvalue weighted by molar-refractivity contribution is 0.586. The van der Waals surface area contributed by atoms with Crippen molar-refractivity contribution in [2.24, 2.45) is 5.73 Å². The van der Waals surface area contributed by atoms with Gasteiger partial charge in [0.1, 0.15) is 0 Å². The Morgan fingerprint density at radius 3 is 2.00 bits per heavy atom. The number of aromatic nitrogens is 2. The first-order chi connectivity index (χ1) is 8.42. The molecule has 4 heteroatoms. The van der Waals surface area contributed by atoms with E-state index in [4.69, 9.17) is 5.73 Å². The lowest BCUT2D eigenvalue weighted by Gasteiger charge is -2.17. The van der Waals surface area contributed by atoms with Gasteiger partial charge in [0.15, 0.2) is 0 Å².